The van der Waals surface area contributed by atoms with Gasteiger partial charge in [-0.25, -0.2) is 0 Å². The zero-order chi connectivity index (χ0) is 24.2. The second-order valence-electron chi connectivity index (χ2n) is 8.73. The van der Waals surface area contributed by atoms with Crippen LogP contribution >= 0.6 is 0 Å². The van der Waals surface area contributed by atoms with Crippen LogP contribution in [0.2, 0.25) is 0 Å². The highest BCUT2D eigenvalue weighted by molar-refractivity contribution is 6.08. The lowest BCUT2D eigenvalue weighted by atomic mass is 9.97. The number of ether oxygens (including phenoxy) is 3. The Balaban J connectivity index is 1.51. The lowest BCUT2D eigenvalue weighted by Gasteiger charge is -2.25. The van der Waals surface area contributed by atoms with E-state index >= 15 is 0 Å². The van der Waals surface area contributed by atoms with Gasteiger partial charge in [0.15, 0.2) is 0 Å². The second kappa shape index (κ2) is 10.3. The van der Waals surface area contributed by atoms with Gasteiger partial charge in [-0.3, -0.25) is 9.89 Å². The topological polar surface area (TPSA) is 46.5 Å². The summed E-state index contributed by atoms with van der Waals surface area (Å²) in [5.74, 6) is 3.53. The molecule has 0 amide bonds. The molecule has 0 radical (unpaired) electrons. The van der Waals surface area contributed by atoms with E-state index in [1.165, 1.54) is 0 Å². The Bertz CT molecular complexity index is 1190. The van der Waals surface area contributed by atoms with Crippen LogP contribution in [-0.2, 0) is 4.74 Å². The highest BCUT2D eigenvalue weighted by atomic mass is 16.5. The molecule has 0 atom stereocenters. The minimum atomic E-state index is 0.621. The van der Waals surface area contributed by atoms with Crippen LogP contribution in [0.3, 0.4) is 0 Å². The molecule has 0 spiro atoms. The highest BCUT2D eigenvalue weighted by Gasteiger charge is 2.32. The SMILES string of the molecule is CCOc1ccc(C2=CN(c3ccc(C4=CCCC=C4OC)cc3)C3=NCCCCN23)c(OC)c1. The first-order chi connectivity index (χ1) is 17.2. The number of aliphatic imine (C=N–C) groups is 1. The predicted octanol–water partition coefficient (Wildman–Crippen LogP) is 6.07. The molecule has 0 unspecified atom stereocenters. The summed E-state index contributed by atoms with van der Waals surface area (Å²) in [5.41, 5.74) is 5.54. The minimum absolute atomic E-state index is 0.621. The average Bonchev–Trinajstić information content (AvgIpc) is 3.08. The Morgan fingerprint density at radius 1 is 0.943 bits per heavy atom. The summed E-state index contributed by atoms with van der Waals surface area (Å²) in [4.78, 5) is 9.48. The standard InChI is InChI=1S/C29H33N3O3/c1-4-35-23-15-16-25(28(19-23)34-3)26-20-32(29-30-17-7-8-18-31(26)29)22-13-11-21(12-14-22)24-9-5-6-10-27(24)33-2/h9-16,19-20H,4-8,17-18H2,1-3H3. The number of hydrogen-bond acceptors (Lipinski definition) is 6. The first-order valence-corrected chi connectivity index (χ1v) is 12.4. The average molecular weight is 472 g/mol. The summed E-state index contributed by atoms with van der Waals surface area (Å²) in [6.07, 6.45) is 10.8. The number of allylic oxidation sites excluding steroid dienone is 3. The monoisotopic (exact) mass is 471 g/mol. The first-order valence-electron chi connectivity index (χ1n) is 12.4. The third-order valence-electron chi connectivity index (χ3n) is 6.59. The van der Waals surface area contributed by atoms with Crippen LogP contribution in [0.15, 0.2) is 71.6 Å². The lowest BCUT2D eigenvalue weighted by molar-refractivity contribution is 0.308. The van der Waals surface area contributed by atoms with E-state index < -0.39 is 0 Å². The van der Waals surface area contributed by atoms with Crippen molar-refractivity contribution in [3.05, 3.63) is 77.7 Å². The van der Waals surface area contributed by atoms with Gasteiger partial charge >= 0.3 is 0 Å². The van der Waals surface area contributed by atoms with Crippen LogP contribution in [0.5, 0.6) is 11.5 Å². The fourth-order valence-electron chi connectivity index (χ4n) is 4.88. The van der Waals surface area contributed by atoms with E-state index in [2.05, 4.69) is 58.5 Å². The smallest absolute Gasteiger partial charge is 0.210 e. The summed E-state index contributed by atoms with van der Waals surface area (Å²) < 4.78 is 17.1. The summed E-state index contributed by atoms with van der Waals surface area (Å²) >= 11 is 0. The summed E-state index contributed by atoms with van der Waals surface area (Å²) in [7, 11) is 3.45. The normalized spacial score (nSPS) is 17.6. The number of nitrogens with zero attached hydrogens (tertiary/aromatic N) is 3. The number of hydrogen-bond donors (Lipinski definition) is 0. The van der Waals surface area contributed by atoms with Crippen LogP contribution in [-0.4, -0.2) is 44.8 Å². The van der Waals surface area contributed by atoms with Crippen molar-refractivity contribution < 1.29 is 14.2 Å². The van der Waals surface area contributed by atoms with E-state index in [0.29, 0.717) is 6.61 Å². The van der Waals surface area contributed by atoms with Gasteiger partial charge in [0.1, 0.15) is 17.3 Å². The van der Waals surface area contributed by atoms with Crippen molar-refractivity contribution >= 4 is 22.9 Å². The first kappa shape index (κ1) is 23.1. The van der Waals surface area contributed by atoms with Crippen LogP contribution in [0.25, 0.3) is 11.3 Å². The van der Waals surface area contributed by atoms with E-state index in [1.54, 1.807) is 14.2 Å². The molecule has 0 fully saturated rings. The van der Waals surface area contributed by atoms with Crippen molar-refractivity contribution in [2.24, 2.45) is 4.99 Å². The molecule has 1 aliphatic carbocycles. The number of fused-ring (bicyclic) bond motifs is 1. The maximum Gasteiger partial charge on any atom is 0.210 e. The Morgan fingerprint density at radius 3 is 2.54 bits per heavy atom. The van der Waals surface area contributed by atoms with Gasteiger partial charge in [-0.2, -0.15) is 0 Å². The molecule has 0 N–H and O–H groups in total. The molecular formula is C29H33N3O3. The molecule has 0 saturated carbocycles. The van der Waals surface area contributed by atoms with Crippen molar-refractivity contribution in [1.29, 1.82) is 0 Å². The maximum absolute atomic E-state index is 5.77. The molecule has 182 valence electrons. The molecule has 3 aliphatic rings. The van der Waals surface area contributed by atoms with Gasteiger partial charge in [-0.15, -0.1) is 0 Å². The minimum Gasteiger partial charge on any atom is -0.496 e. The lowest BCUT2D eigenvalue weighted by Crippen LogP contribution is -2.34. The fourth-order valence-corrected chi connectivity index (χ4v) is 4.88. The quantitative estimate of drug-likeness (QED) is 0.490. The molecular weight excluding hydrogens is 438 g/mol. The van der Waals surface area contributed by atoms with Crippen molar-refractivity contribution in [1.82, 2.24) is 4.90 Å². The Morgan fingerprint density at radius 2 is 1.77 bits per heavy atom. The Kier molecular flexibility index (Phi) is 6.80. The van der Waals surface area contributed by atoms with Crippen LogP contribution < -0.4 is 14.4 Å². The predicted molar refractivity (Wildman–Crippen MR) is 142 cm³/mol. The van der Waals surface area contributed by atoms with E-state index in [0.717, 1.165) is 90.1 Å². The van der Waals surface area contributed by atoms with Crippen molar-refractivity contribution in [3.8, 4) is 11.5 Å². The molecule has 2 aliphatic heterocycles. The van der Waals surface area contributed by atoms with E-state index in [9.17, 15) is 0 Å². The van der Waals surface area contributed by atoms with Crippen molar-refractivity contribution in [2.45, 2.75) is 32.6 Å². The molecule has 5 rings (SSSR count). The Hall–Kier alpha value is -3.67. The molecule has 0 saturated heterocycles. The molecule has 2 heterocycles. The van der Waals surface area contributed by atoms with Gasteiger partial charge in [0.25, 0.3) is 0 Å². The number of methoxy groups -OCH3 is 2. The van der Waals surface area contributed by atoms with E-state index in [4.69, 9.17) is 19.2 Å². The number of guanidine groups is 1. The highest BCUT2D eigenvalue weighted by Crippen LogP contribution is 2.39. The molecule has 35 heavy (non-hydrogen) atoms. The number of anilines is 1. The largest absolute Gasteiger partial charge is 0.496 e. The maximum atomic E-state index is 5.77. The molecule has 0 bridgehead atoms. The molecule has 2 aromatic carbocycles. The molecule has 6 nitrogen and oxygen atoms in total. The third kappa shape index (κ3) is 4.53. The fraction of sp³-hybridized carbons (Fsp3) is 0.345. The van der Waals surface area contributed by atoms with Crippen LogP contribution in [0.4, 0.5) is 5.69 Å². The van der Waals surface area contributed by atoms with Gasteiger partial charge in [0.2, 0.25) is 5.96 Å². The zero-order valence-corrected chi connectivity index (χ0v) is 20.8. The van der Waals surface area contributed by atoms with Crippen LogP contribution in [0, 0.1) is 0 Å². The molecule has 6 heteroatoms. The third-order valence-corrected chi connectivity index (χ3v) is 6.59. The number of rotatable bonds is 7. The van der Waals surface area contributed by atoms with Gasteiger partial charge < -0.3 is 19.1 Å². The molecule has 2 aromatic rings. The van der Waals surface area contributed by atoms with E-state index in [-0.39, 0.29) is 0 Å². The van der Waals surface area contributed by atoms with Crippen LogP contribution in [0.1, 0.15) is 43.7 Å². The van der Waals surface area contributed by atoms with Gasteiger partial charge in [-0.1, -0.05) is 18.2 Å². The van der Waals surface area contributed by atoms with Crippen molar-refractivity contribution in [3.63, 3.8) is 0 Å². The van der Waals surface area contributed by atoms with E-state index in [1.807, 2.05) is 19.1 Å². The zero-order valence-electron chi connectivity index (χ0n) is 20.8. The summed E-state index contributed by atoms with van der Waals surface area (Å²) in [5, 5.41) is 0. The van der Waals surface area contributed by atoms with Gasteiger partial charge in [0.05, 0.1) is 26.5 Å². The second-order valence-corrected chi connectivity index (χ2v) is 8.73. The summed E-state index contributed by atoms with van der Waals surface area (Å²) in [6, 6.07) is 14.7. The van der Waals surface area contributed by atoms with Gasteiger partial charge in [0, 0.05) is 42.2 Å². The summed E-state index contributed by atoms with van der Waals surface area (Å²) in [6.45, 7) is 4.36. The Labute approximate surface area is 207 Å². The van der Waals surface area contributed by atoms with Gasteiger partial charge in [-0.05, 0) is 68.5 Å². The number of benzene rings is 2. The molecule has 0 aromatic heterocycles. The van der Waals surface area contributed by atoms with Crippen molar-refractivity contribution in [2.75, 3.05) is 38.8 Å².